The summed E-state index contributed by atoms with van der Waals surface area (Å²) in [6, 6.07) is 0. The number of hydrogen-bond acceptors (Lipinski definition) is 5. The van der Waals surface area contributed by atoms with Gasteiger partial charge in [-0.1, -0.05) is 6.08 Å². The molecule has 124 valence electrons. The second-order valence-corrected chi connectivity index (χ2v) is 6.30. The minimum absolute atomic E-state index is 0.128. The van der Waals surface area contributed by atoms with Crippen molar-refractivity contribution in [3.8, 4) is 0 Å². The van der Waals surface area contributed by atoms with Crippen molar-refractivity contribution in [2.75, 3.05) is 13.7 Å². The molecule has 0 N–H and O–H groups in total. The highest BCUT2D eigenvalue weighted by molar-refractivity contribution is 7.80. The van der Waals surface area contributed by atoms with Gasteiger partial charge in [-0.25, -0.2) is 4.57 Å². The summed E-state index contributed by atoms with van der Waals surface area (Å²) in [6.07, 6.45) is 13.5. The molecule has 24 heavy (non-hydrogen) atoms. The van der Waals surface area contributed by atoms with Gasteiger partial charge in [-0.2, -0.15) is 9.78 Å². The van der Waals surface area contributed by atoms with Crippen LogP contribution in [0.2, 0.25) is 0 Å². The number of fused-ring (bicyclic) bond motifs is 3. The first-order valence-electron chi connectivity index (χ1n) is 7.78. The molecule has 1 amide bonds. The molecule has 3 heterocycles. The second kappa shape index (κ2) is 5.12. The number of imidazole rings is 1. The molecule has 2 atom stereocenters. The number of thiol groups is 1. The standard InChI is InChI=1S/C17H17N3O3S/c1-3-23-16(21)20-9-5-4-7-17(20)8-6-12(22-2)10-13(17)19-14(24)11-18-15(19)20/h4-7,9-11H,3,8H2,1-2H3/p+1. The lowest BCUT2D eigenvalue weighted by atomic mass is 9.83. The number of aromatic nitrogens is 2. The number of carbonyl (C=O) groups excluding carboxylic acids is 1. The SMILES string of the molecule is CCOC(=O)[N+]12C=CC=CC13CC=C(OC)C=C3n1c(S)cnc12. The average Bonchev–Trinajstić information content (AvgIpc) is 3.09. The number of nitrogens with zero attached hydrogens (tertiary/aromatic N) is 3. The molecular formula is C17H18N3O3S+. The normalized spacial score (nSPS) is 29.3. The maximum absolute atomic E-state index is 13.1. The van der Waals surface area contributed by atoms with Crippen molar-refractivity contribution >= 4 is 30.4 Å². The van der Waals surface area contributed by atoms with Crippen molar-refractivity contribution in [2.45, 2.75) is 23.9 Å². The largest absolute Gasteiger partial charge is 0.529 e. The maximum Gasteiger partial charge on any atom is 0.529 e. The minimum Gasteiger partial charge on any atom is -0.497 e. The maximum atomic E-state index is 13.1. The topological polar surface area (TPSA) is 53.4 Å². The smallest absolute Gasteiger partial charge is 0.497 e. The number of quaternary nitrogens is 1. The van der Waals surface area contributed by atoms with E-state index in [1.54, 1.807) is 20.2 Å². The van der Waals surface area contributed by atoms with E-state index in [0.717, 1.165) is 11.5 Å². The number of rotatable bonds is 2. The van der Waals surface area contributed by atoms with Crippen LogP contribution in [0.4, 0.5) is 10.7 Å². The van der Waals surface area contributed by atoms with Gasteiger partial charge in [0.1, 0.15) is 22.7 Å². The van der Waals surface area contributed by atoms with E-state index >= 15 is 0 Å². The minimum atomic E-state index is -0.635. The number of allylic oxidation sites excluding steroid dienone is 3. The molecule has 6 nitrogen and oxygen atoms in total. The van der Waals surface area contributed by atoms with Gasteiger partial charge < -0.3 is 9.47 Å². The molecule has 0 saturated heterocycles. The molecule has 2 unspecified atom stereocenters. The van der Waals surface area contributed by atoms with Crippen LogP contribution < -0.4 is 4.48 Å². The van der Waals surface area contributed by atoms with Gasteiger partial charge in [0.2, 0.25) is 0 Å². The molecular weight excluding hydrogens is 326 g/mol. The Morgan fingerprint density at radius 1 is 1.50 bits per heavy atom. The summed E-state index contributed by atoms with van der Waals surface area (Å²) in [4.78, 5) is 17.6. The lowest BCUT2D eigenvalue weighted by molar-refractivity contribution is 0.107. The Hall–Kier alpha value is -2.25. The molecule has 1 aromatic rings. The first-order chi connectivity index (χ1) is 11.6. The Morgan fingerprint density at radius 3 is 3.08 bits per heavy atom. The number of hydrogen-bond donors (Lipinski definition) is 1. The van der Waals surface area contributed by atoms with Crippen LogP contribution in [0.25, 0.3) is 5.70 Å². The van der Waals surface area contributed by atoms with E-state index in [-0.39, 0.29) is 10.6 Å². The molecule has 1 aliphatic carbocycles. The number of ether oxygens (including phenoxy) is 2. The number of carbonyl (C=O) groups is 1. The van der Waals surface area contributed by atoms with Gasteiger partial charge in [-0.3, -0.25) is 0 Å². The first kappa shape index (κ1) is 15.3. The van der Waals surface area contributed by atoms with Crippen molar-refractivity contribution in [3.05, 3.63) is 48.5 Å². The van der Waals surface area contributed by atoms with Crippen LogP contribution in [-0.4, -0.2) is 34.9 Å². The molecule has 0 saturated carbocycles. The van der Waals surface area contributed by atoms with Gasteiger partial charge in [-0.15, -0.1) is 17.1 Å². The van der Waals surface area contributed by atoms with Crippen molar-refractivity contribution in [1.82, 2.24) is 14.0 Å². The third-order valence-electron chi connectivity index (χ3n) is 4.83. The molecule has 0 fully saturated rings. The van der Waals surface area contributed by atoms with E-state index in [1.807, 2.05) is 41.1 Å². The molecule has 2 aliphatic heterocycles. The van der Waals surface area contributed by atoms with Crippen LogP contribution >= 0.6 is 12.6 Å². The fourth-order valence-electron chi connectivity index (χ4n) is 3.79. The van der Waals surface area contributed by atoms with Crippen LogP contribution in [0, 0.1) is 0 Å². The Balaban J connectivity index is 2.04. The summed E-state index contributed by atoms with van der Waals surface area (Å²) in [6.45, 7) is 2.11. The summed E-state index contributed by atoms with van der Waals surface area (Å²) in [5.41, 5.74) is 0.275. The van der Waals surface area contributed by atoms with E-state index in [9.17, 15) is 4.79 Å². The summed E-state index contributed by atoms with van der Waals surface area (Å²) in [5.74, 6) is 1.34. The first-order valence-corrected chi connectivity index (χ1v) is 8.22. The Labute approximate surface area is 145 Å². The van der Waals surface area contributed by atoms with E-state index < -0.39 is 5.54 Å². The average molecular weight is 344 g/mol. The van der Waals surface area contributed by atoms with Gasteiger partial charge in [0, 0.05) is 12.5 Å². The Bertz CT molecular complexity index is 851. The molecule has 4 rings (SSSR count). The molecule has 3 aliphatic rings. The van der Waals surface area contributed by atoms with Crippen molar-refractivity contribution in [2.24, 2.45) is 0 Å². The van der Waals surface area contributed by atoms with Crippen LogP contribution in [-0.2, 0) is 9.47 Å². The van der Waals surface area contributed by atoms with Crippen molar-refractivity contribution in [1.29, 1.82) is 0 Å². The van der Waals surface area contributed by atoms with Gasteiger partial charge in [-0.05, 0) is 25.2 Å². The van der Waals surface area contributed by atoms with Crippen LogP contribution in [0.1, 0.15) is 13.3 Å². The predicted octanol–water partition coefficient (Wildman–Crippen LogP) is 3.25. The fraction of sp³-hybridized carbons (Fsp3) is 0.294. The second-order valence-electron chi connectivity index (χ2n) is 5.84. The molecule has 0 radical (unpaired) electrons. The molecule has 1 spiro atoms. The monoisotopic (exact) mass is 344 g/mol. The zero-order chi connectivity index (χ0) is 16.9. The van der Waals surface area contributed by atoms with Crippen LogP contribution in [0.5, 0.6) is 0 Å². The highest BCUT2D eigenvalue weighted by Crippen LogP contribution is 2.55. The quantitative estimate of drug-likeness (QED) is 0.661. The van der Waals surface area contributed by atoms with E-state index in [1.165, 1.54) is 0 Å². The molecule has 0 bridgehead atoms. The van der Waals surface area contributed by atoms with E-state index in [2.05, 4.69) is 17.6 Å². The highest BCUT2D eigenvalue weighted by Gasteiger charge is 2.68. The van der Waals surface area contributed by atoms with Gasteiger partial charge in [0.05, 0.1) is 19.9 Å². The molecule has 0 aromatic carbocycles. The van der Waals surface area contributed by atoms with E-state index in [4.69, 9.17) is 9.47 Å². The molecule has 7 heteroatoms. The fourth-order valence-corrected chi connectivity index (χ4v) is 4.05. The van der Waals surface area contributed by atoms with Crippen molar-refractivity contribution < 1.29 is 14.3 Å². The van der Waals surface area contributed by atoms with Crippen LogP contribution in [0.15, 0.2) is 53.6 Å². The highest BCUT2D eigenvalue weighted by atomic mass is 32.1. The van der Waals surface area contributed by atoms with Gasteiger partial charge >= 0.3 is 12.0 Å². The summed E-state index contributed by atoms with van der Waals surface area (Å²) < 4.78 is 12.6. The summed E-state index contributed by atoms with van der Waals surface area (Å²) in [7, 11) is 1.64. The van der Waals surface area contributed by atoms with Crippen LogP contribution in [0.3, 0.4) is 0 Å². The summed E-state index contributed by atoms with van der Waals surface area (Å²) in [5, 5.41) is 0.672. The van der Waals surface area contributed by atoms with Crippen molar-refractivity contribution in [3.63, 3.8) is 0 Å². The van der Waals surface area contributed by atoms with Gasteiger partial charge in [0.15, 0.2) is 5.54 Å². The lowest BCUT2D eigenvalue weighted by Crippen LogP contribution is -2.63. The summed E-state index contributed by atoms with van der Waals surface area (Å²) >= 11 is 4.54. The Kier molecular flexibility index (Phi) is 3.26. The van der Waals surface area contributed by atoms with Gasteiger partial charge in [0.25, 0.3) is 0 Å². The predicted molar refractivity (Wildman–Crippen MR) is 93.3 cm³/mol. The lowest BCUT2D eigenvalue weighted by Gasteiger charge is -2.41. The third kappa shape index (κ3) is 1.61. The van der Waals surface area contributed by atoms with E-state index in [0.29, 0.717) is 24.0 Å². The number of amides is 1. The molecule has 1 aromatic heterocycles. The third-order valence-corrected chi connectivity index (χ3v) is 5.15. The Morgan fingerprint density at radius 2 is 2.33 bits per heavy atom. The number of methoxy groups -OCH3 is 1. The zero-order valence-electron chi connectivity index (χ0n) is 13.5. The zero-order valence-corrected chi connectivity index (χ0v) is 14.4.